The van der Waals surface area contributed by atoms with Crippen molar-refractivity contribution in [2.24, 2.45) is 5.92 Å². The maximum Gasteiger partial charge on any atom is 0.0844 e. The second-order valence-electron chi connectivity index (χ2n) is 10.4. The molecule has 0 aromatic heterocycles. The Morgan fingerprint density at radius 2 is 1.22 bits per heavy atom. The number of hydrogen-bond acceptors (Lipinski definition) is 1. The normalized spacial score (nSPS) is 22.5. The molecule has 2 aliphatic carbocycles. The van der Waals surface area contributed by atoms with E-state index < -0.39 is 15.7 Å². The Morgan fingerprint density at radius 3 is 1.62 bits per heavy atom. The molecule has 0 aliphatic heterocycles. The Kier molecular flexibility index (Phi) is 11.7. The van der Waals surface area contributed by atoms with Gasteiger partial charge < -0.3 is 4.57 Å². The smallest absolute Gasteiger partial charge is 0.0844 e. The Balaban J connectivity index is 0.000000534. The van der Waals surface area contributed by atoms with Crippen LogP contribution in [0.2, 0.25) is 0 Å². The van der Waals surface area contributed by atoms with Crippen LogP contribution in [0.5, 0.6) is 0 Å². The van der Waals surface area contributed by atoms with Crippen LogP contribution in [0.25, 0.3) is 0 Å². The summed E-state index contributed by atoms with van der Waals surface area (Å²) < 4.78 is 13.3. The van der Waals surface area contributed by atoms with E-state index in [2.05, 4.69) is 88.4 Å². The van der Waals surface area contributed by atoms with E-state index in [1.807, 2.05) is 0 Å². The SMILES string of the molecule is C1CCCC1.C[C@@H](C1CCCC1[P@@H](=O)C(C)(C)C)P(c1ccccc1)c1ccccc1.[Fe]. The van der Waals surface area contributed by atoms with Gasteiger partial charge in [-0.1, -0.05) is 127 Å². The molecule has 4 rings (SSSR count). The van der Waals surface area contributed by atoms with Crippen molar-refractivity contribution >= 4 is 26.3 Å². The van der Waals surface area contributed by atoms with Crippen molar-refractivity contribution in [1.82, 2.24) is 0 Å². The minimum atomic E-state index is -1.61. The summed E-state index contributed by atoms with van der Waals surface area (Å²) >= 11 is 0. The van der Waals surface area contributed by atoms with Gasteiger partial charge in [-0.2, -0.15) is 0 Å². The van der Waals surface area contributed by atoms with Gasteiger partial charge in [-0.05, 0) is 42.9 Å². The summed E-state index contributed by atoms with van der Waals surface area (Å²) in [7, 11) is -2.04. The number of benzene rings is 2. The fourth-order valence-corrected chi connectivity index (χ4v) is 10.9. The third-order valence-electron chi connectivity index (χ3n) is 6.99. The Hall–Kier alpha value is -0.381. The molecular formula is C28H42FeOP2. The monoisotopic (exact) mass is 512 g/mol. The van der Waals surface area contributed by atoms with E-state index >= 15 is 0 Å². The van der Waals surface area contributed by atoms with Gasteiger partial charge in [0, 0.05) is 27.9 Å². The molecule has 2 aromatic rings. The zero-order valence-electron chi connectivity index (χ0n) is 20.4. The average Bonchev–Trinajstić information content (AvgIpc) is 3.49. The molecule has 0 amide bonds. The molecule has 1 nitrogen and oxygen atoms in total. The number of rotatable bonds is 5. The van der Waals surface area contributed by atoms with Gasteiger partial charge in [0.25, 0.3) is 0 Å². The molecule has 0 N–H and O–H groups in total. The van der Waals surface area contributed by atoms with E-state index in [-0.39, 0.29) is 22.2 Å². The molecule has 2 unspecified atom stereocenters. The summed E-state index contributed by atoms with van der Waals surface area (Å²) in [6.45, 7) is 8.90. The van der Waals surface area contributed by atoms with Crippen LogP contribution in [0.1, 0.15) is 79.1 Å². The molecule has 0 bridgehead atoms. The first-order valence-electron chi connectivity index (χ1n) is 12.3. The van der Waals surface area contributed by atoms with Gasteiger partial charge in [-0.15, -0.1) is 0 Å². The molecular weight excluding hydrogens is 470 g/mol. The van der Waals surface area contributed by atoms with Crippen LogP contribution >= 0.6 is 15.7 Å². The van der Waals surface area contributed by atoms with Gasteiger partial charge >= 0.3 is 0 Å². The quantitative estimate of drug-likeness (QED) is 0.293. The van der Waals surface area contributed by atoms with Crippen LogP contribution < -0.4 is 10.6 Å². The molecule has 0 saturated heterocycles. The average molecular weight is 512 g/mol. The van der Waals surface area contributed by atoms with Gasteiger partial charge in [0.2, 0.25) is 0 Å². The molecule has 4 heteroatoms. The van der Waals surface area contributed by atoms with Crippen molar-refractivity contribution in [3.63, 3.8) is 0 Å². The molecule has 178 valence electrons. The summed E-state index contributed by atoms with van der Waals surface area (Å²) in [5.41, 5.74) is 0.964. The summed E-state index contributed by atoms with van der Waals surface area (Å²) in [6.07, 6.45) is 11.1. The number of hydrogen-bond donors (Lipinski definition) is 0. The Bertz CT molecular complexity index is 752. The Morgan fingerprint density at radius 1 is 0.781 bits per heavy atom. The largest absolute Gasteiger partial charge is 0.326 e. The predicted molar refractivity (Wildman–Crippen MR) is 142 cm³/mol. The molecule has 0 radical (unpaired) electrons. The summed E-state index contributed by atoms with van der Waals surface area (Å²) in [4.78, 5) is 0. The fraction of sp³-hybridized carbons (Fsp3) is 0.571. The van der Waals surface area contributed by atoms with Crippen molar-refractivity contribution in [2.75, 3.05) is 0 Å². The van der Waals surface area contributed by atoms with Gasteiger partial charge in [-0.3, -0.25) is 0 Å². The van der Waals surface area contributed by atoms with Crippen molar-refractivity contribution in [1.29, 1.82) is 0 Å². The second kappa shape index (κ2) is 13.5. The van der Waals surface area contributed by atoms with Crippen LogP contribution in [0.15, 0.2) is 60.7 Å². The first-order valence-corrected chi connectivity index (χ1v) is 15.2. The molecule has 2 fully saturated rings. The summed E-state index contributed by atoms with van der Waals surface area (Å²) in [5.74, 6) is 0.576. The van der Waals surface area contributed by atoms with E-state index in [1.165, 1.54) is 55.6 Å². The molecule has 2 saturated carbocycles. The summed E-state index contributed by atoms with van der Waals surface area (Å²) in [5, 5.41) is 2.84. The predicted octanol–water partition coefficient (Wildman–Crippen LogP) is 7.98. The molecule has 32 heavy (non-hydrogen) atoms. The van der Waals surface area contributed by atoms with E-state index in [0.29, 0.717) is 17.2 Å². The van der Waals surface area contributed by atoms with E-state index in [0.717, 1.165) is 6.42 Å². The minimum absolute atomic E-state index is 0. The Labute approximate surface area is 209 Å². The third-order valence-corrected chi connectivity index (χ3v) is 12.8. The first-order chi connectivity index (χ1) is 14.9. The molecule has 0 heterocycles. The van der Waals surface area contributed by atoms with Crippen LogP contribution in [-0.4, -0.2) is 16.5 Å². The van der Waals surface area contributed by atoms with Crippen LogP contribution in [0, 0.1) is 5.92 Å². The molecule has 2 aromatic carbocycles. The standard InChI is InChI=1S/C23H32OP2.C5H10.Fe/c1-18(21-16-11-17-22(21)26(24)23(2,3)4)25(19-12-7-5-8-13-19)20-14-9-6-10-15-20;1-2-4-5-3-1;/h5-10,12-15,18,21-22,26H,11,16-17H2,1-4H3;1-5H2;/t18-,21?,22?;;/m0../s1. The van der Waals surface area contributed by atoms with Gasteiger partial charge in [-0.25, -0.2) is 0 Å². The minimum Gasteiger partial charge on any atom is -0.326 e. The fourth-order valence-electron chi connectivity index (χ4n) is 5.32. The van der Waals surface area contributed by atoms with E-state index in [4.69, 9.17) is 0 Å². The second-order valence-corrected chi connectivity index (χ2v) is 15.9. The molecule has 2 aliphatic rings. The first kappa shape index (κ1) is 27.9. The molecule has 4 atom stereocenters. The van der Waals surface area contributed by atoms with E-state index in [9.17, 15) is 4.57 Å². The topological polar surface area (TPSA) is 17.1 Å². The maximum absolute atomic E-state index is 13.3. The van der Waals surface area contributed by atoms with Gasteiger partial charge in [0.15, 0.2) is 0 Å². The molecule has 0 spiro atoms. The third kappa shape index (κ3) is 7.57. The van der Waals surface area contributed by atoms with Gasteiger partial charge in [0.05, 0.1) is 7.80 Å². The van der Waals surface area contributed by atoms with Crippen molar-refractivity contribution in [3.05, 3.63) is 60.7 Å². The van der Waals surface area contributed by atoms with Crippen LogP contribution in [0.3, 0.4) is 0 Å². The maximum atomic E-state index is 13.3. The van der Waals surface area contributed by atoms with Crippen LogP contribution in [-0.2, 0) is 21.6 Å². The summed E-state index contributed by atoms with van der Waals surface area (Å²) in [6, 6.07) is 22.0. The van der Waals surface area contributed by atoms with Crippen LogP contribution in [0.4, 0.5) is 0 Å². The zero-order chi connectivity index (χ0) is 22.3. The zero-order valence-corrected chi connectivity index (χ0v) is 23.4. The van der Waals surface area contributed by atoms with E-state index in [1.54, 1.807) is 0 Å². The van der Waals surface area contributed by atoms with Gasteiger partial charge in [0.1, 0.15) is 0 Å². The van der Waals surface area contributed by atoms with Crippen molar-refractivity contribution in [3.8, 4) is 0 Å². The van der Waals surface area contributed by atoms with Crippen molar-refractivity contribution in [2.45, 2.75) is 95.5 Å². The van der Waals surface area contributed by atoms with Crippen molar-refractivity contribution < 1.29 is 21.6 Å².